The Hall–Kier alpha value is -0.690. The van der Waals surface area contributed by atoms with E-state index in [1.54, 1.807) is 0 Å². The summed E-state index contributed by atoms with van der Waals surface area (Å²) in [6, 6.07) is 0. The molecular formula is C9H12S. The molecule has 0 aliphatic carbocycles. The van der Waals surface area contributed by atoms with Crippen molar-refractivity contribution < 1.29 is 0 Å². The summed E-state index contributed by atoms with van der Waals surface area (Å²) in [6.45, 7) is 5.80. The van der Waals surface area contributed by atoms with E-state index in [4.69, 9.17) is 0 Å². The Morgan fingerprint density at radius 1 is 1.40 bits per heavy atom. The molecule has 1 rings (SSSR count). The molecule has 0 fully saturated rings. The lowest BCUT2D eigenvalue weighted by molar-refractivity contribution is 1.57. The molecule has 1 heteroatoms. The van der Waals surface area contributed by atoms with Gasteiger partial charge < -0.3 is 0 Å². The van der Waals surface area contributed by atoms with Gasteiger partial charge in [-0.2, -0.15) is 10.9 Å². The third-order valence-electron chi connectivity index (χ3n) is 1.16. The number of allylic oxidation sites excluding steroid dienone is 4. The lowest BCUT2D eigenvalue weighted by atomic mass is 10.4. The molecule has 10 heavy (non-hydrogen) atoms. The summed E-state index contributed by atoms with van der Waals surface area (Å²) >= 11 is 0. The zero-order valence-electron chi connectivity index (χ0n) is 6.12. The van der Waals surface area contributed by atoms with Crippen LogP contribution in [0.15, 0.2) is 46.6 Å². The van der Waals surface area contributed by atoms with Crippen LogP contribution < -0.4 is 0 Å². The number of thiol groups is 1. The van der Waals surface area contributed by atoms with E-state index in [0.717, 1.165) is 5.57 Å². The van der Waals surface area contributed by atoms with Crippen molar-refractivity contribution in [3.05, 3.63) is 46.6 Å². The highest BCUT2D eigenvalue weighted by atomic mass is 32.2. The molecule has 0 N–H and O–H groups in total. The SMILES string of the molecule is C=C(C)C=C[SH]1C=CC=C1. The van der Waals surface area contributed by atoms with Crippen LogP contribution in [0.4, 0.5) is 0 Å². The van der Waals surface area contributed by atoms with Gasteiger partial charge in [0, 0.05) is 0 Å². The molecule has 0 aromatic heterocycles. The zero-order chi connectivity index (χ0) is 7.40. The molecular weight excluding hydrogens is 140 g/mol. The van der Waals surface area contributed by atoms with E-state index in [2.05, 4.69) is 41.0 Å². The average Bonchev–Trinajstić information content (AvgIpc) is 2.34. The molecule has 0 aromatic carbocycles. The monoisotopic (exact) mass is 152 g/mol. The number of hydrogen-bond donors (Lipinski definition) is 1. The van der Waals surface area contributed by atoms with E-state index in [1.165, 1.54) is 0 Å². The Morgan fingerprint density at radius 2 is 2.00 bits per heavy atom. The Morgan fingerprint density at radius 3 is 2.50 bits per heavy atom. The summed E-state index contributed by atoms with van der Waals surface area (Å²) in [4.78, 5) is 0. The van der Waals surface area contributed by atoms with E-state index in [1.807, 2.05) is 6.92 Å². The van der Waals surface area contributed by atoms with Crippen molar-refractivity contribution >= 4 is 10.9 Å². The van der Waals surface area contributed by atoms with E-state index in [0.29, 0.717) is 0 Å². The van der Waals surface area contributed by atoms with Gasteiger partial charge in [0.25, 0.3) is 0 Å². The largest absolute Gasteiger partial charge is 0.193 e. The van der Waals surface area contributed by atoms with Gasteiger partial charge in [-0.05, 0) is 23.1 Å². The molecule has 0 bridgehead atoms. The summed E-state index contributed by atoms with van der Waals surface area (Å²) in [5.41, 5.74) is 1.12. The summed E-state index contributed by atoms with van der Waals surface area (Å²) < 4.78 is 0. The summed E-state index contributed by atoms with van der Waals surface area (Å²) in [6.07, 6.45) is 6.26. The summed E-state index contributed by atoms with van der Waals surface area (Å²) in [7, 11) is -0.0801. The van der Waals surface area contributed by atoms with Crippen molar-refractivity contribution in [1.82, 2.24) is 0 Å². The molecule has 54 valence electrons. The average molecular weight is 152 g/mol. The van der Waals surface area contributed by atoms with E-state index in [9.17, 15) is 0 Å². The topological polar surface area (TPSA) is 0 Å². The Bertz CT molecular complexity index is 197. The fraction of sp³-hybridized carbons (Fsp3) is 0.111. The first-order valence-corrected chi connectivity index (χ1v) is 4.80. The van der Waals surface area contributed by atoms with Crippen LogP contribution in [0, 0.1) is 0 Å². The minimum atomic E-state index is -0.0801. The highest BCUT2D eigenvalue weighted by molar-refractivity contribution is 8.24. The van der Waals surface area contributed by atoms with Crippen molar-refractivity contribution in [3.63, 3.8) is 0 Å². The van der Waals surface area contributed by atoms with Gasteiger partial charge in [0.15, 0.2) is 0 Å². The van der Waals surface area contributed by atoms with Gasteiger partial charge in [-0.3, -0.25) is 0 Å². The Balaban J connectivity index is 2.46. The fourth-order valence-corrected chi connectivity index (χ4v) is 1.98. The minimum absolute atomic E-state index is 0.0801. The maximum Gasteiger partial charge on any atom is -0.0403 e. The molecule has 0 saturated carbocycles. The summed E-state index contributed by atoms with van der Waals surface area (Å²) in [5, 5.41) is 6.64. The first kappa shape index (κ1) is 7.42. The van der Waals surface area contributed by atoms with Crippen LogP contribution in [-0.2, 0) is 0 Å². The third kappa shape index (κ3) is 2.28. The molecule has 1 aliphatic heterocycles. The van der Waals surface area contributed by atoms with Gasteiger partial charge in [-0.15, -0.1) is 0 Å². The minimum Gasteiger partial charge on any atom is -0.193 e. The molecule has 0 saturated heterocycles. The maximum atomic E-state index is 3.79. The fourth-order valence-electron chi connectivity index (χ4n) is 0.661. The zero-order valence-corrected chi connectivity index (χ0v) is 7.01. The molecule has 0 atom stereocenters. The lowest BCUT2D eigenvalue weighted by Gasteiger charge is -1.99. The highest BCUT2D eigenvalue weighted by Gasteiger charge is 1.90. The van der Waals surface area contributed by atoms with E-state index in [-0.39, 0.29) is 10.9 Å². The van der Waals surface area contributed by atoms with Crippen molar-refractivity contribution in [2.45, 2.75) is 6.92 Å². The van der Waals surface area contributed by atoms with Crippen LogP contribution in [0.3, 0.4) is 0 Å². The van der Waals surface area contributed by atoms with E-state index >= 15 is 0 Å². The summed E-state index contributed by atoms with van der Waals surface area (Å²) in [5.74, 6) is 0. The molecule has 0 nitrogen and oxygen atoms in total. The van der Waals surface area contributed by atoms with Gasteiger partial charge >= 0.3 is 0 Å². The van der Waals surface area contributed by atoms with Crippen molar-refractivity contribution in [2.24, 2.45) is 0 Å². The first-order valence-electron chi connectivity index (χ1n) is 3.25. The second-order valence-electron chi connectivity index (χ2n) is 2.29. The number of hydrogen-bond acceptors (Lipinski definition) is 0. The Labute approximate surface area is 65.0 Å². The molecule has 0 amide bonds. The van der Waals surface area contributed by atoms with Crippen LogP contribution in [-0.4, -0.2) is 0 Å². The van der Waals surface area contributed by atoms with Crippen molar-refractivity contribution in [3.8, 4) is 0 Å². The Kier molecular flexibility index (Phi) is 2.57. The third-order valence-corrected chi connectivity index (χ3v) is 2.68. The van der Waals surface area contributed by atoms with Crippen LogP contribution >= 0.6 is 10.9 Å². The van der Waals surface area contributed by atoms with Crippen LogP contribution in [0.25, 0.3) is 0 Å². The predicted molar refractivity (Wildman–Crippen MR) is 51.2 cm³/mol. The molecule has 1 aliphatic rings. The van der Waals surface area contributed by atoms with Gasteiger partial charge in [-0.25, -0.2) is 0 Å². The molecule has 0 spiro atoms. The second-order valence-corrected chi connectivity index (χ2v) is 4.08. The molecule has 1 heterocycles. The van der Waals surface area contributed by atoms with Gasteiger partial charge in [0.05, 0.1) is 0 Å². The first-order chi connectivity index (χ1) is 4.79. The molecule has 0 radical (unpaired) electrons. The van der Waals surface area contributed by atoms with Gasteiger partial charge in [-0.1, -0.05) is 30.4 Å². The molecule has 0 aromatic rings. The maximum absolute atomic E-state index is 3.79. The van der Waals surface area contributed by atoms with Crippen LogP contribution in [0.5, 0.6) is 0 Å². The second kappa shape index (κ2) is 3.47. The quantitative estimate of drug-likeness (QED) is 0.456. The standard InChI is InChI=1S/C9H12S/c1-9(2)5-8-10-6-3-4-7-10/h3-8,10H,1H2,2H3. The van der Waals surface area contributed by atoms with Gasteiger partial charge in [0.2, 0.25) is 0 Å². The van der Waals surface area contributed by atoms with Gasteiger partial charge in [0.1, 0.15) is 0 Å². The number of rotatable bonds is 2. The van der Waals surface area contributed by atoms with Crippen molar-refractivity contribution in [2.75, 3.05) is 0 Å². The normalized spacial score (nSPS) is 19.1. The van der Waals surface area contributed by atoms with Crippen LogP contribution in [0.1, 0.15) is 6.92 Å². The van der Waals surface area contributed by atoms with Crippen LogP contribution in [0.2, 0.25) is 0 Å². The smallest absolute Gasteiger partial charge is 0.0403 e. The highest BCUT2D eigenvalue weighted by Crippen LogP contribution is 2.34. The predicted octanol–water partition coefficient (Wildman–Crippen LogP) is 3.12. The lowest BCUT2D eigenvalue weighted by Crippen LogP contribution is -1.61. The molecule has 0 unspecified atom stereocenters. The van der Waals surface area contributed by atoms with E-state index < -0.39 is 0 Å². The van der Waals surface area contributed by atoms with Crippen molar-refractivity contribution in [1.29, 1.82) is 0 Å².